The molecule has 0 radical (unpaired) electrons. The number of fused-ring (bicyclic) bond motifs is 1. The summed E-state index contributed by atoms with van der Waals surface area (Å²) in [7, 11) is 5.20. The molecule has 1 atom stereocenters. The third-order valence-corrected chi connectivity index (χ3v) is 3.54. The van der Waals surface area contributed by atoms with Gasteiger partial charge in [-0.3, -0.25) is 4.79 Å². The molecule has 0 spiro atoms. The van der Waals surface area contributed by atoms with Crippen LogP contribution in [0.15, 0.2) is 36.4 Å². The van der Waals surface area contributed by atoms with Crippen molar-refractivity contribution in [2.45, 2.75) is 19.5 Å². The minimum atomic E-state index is -0.188. The zero-order valence-electron chi connectivity index (χ0n) is 13.0. The van der Waals surface area contributed by atoms with E-state index in [2.05, 4.69) is 23.5 Å². The van der Waals surface area contributed by atoms with Gasteiger partial charge in [0.15, 0.2) is 0 Å². The Bertz CT molecular complexity index is 638. The Morgan fingerprint density at radius 3 is 2.52 bits per heavy atom. The predicted molar refractivity (Wildman–Crippen MR) is 85.5 cm³/mol. The van der Waals surface area contributed by atoms with Gasteiger partial charge in [-0.05, 0) is 41.5 Å². The summed E-state index contributed by atoms with van der Waals surface area (Å²) in [6, 6.07) is 12.1. The standard InChI is InChI=1S/C17H22N2O2/c1-12(17(20)19(2)3)18-11-13-5-6-15-10-16(21-4)8-7-14(15)9-13/h5-10,12,18H,11H2,1-4H3. The Labute approximate surface area is 125 Å². The van der Waals surface area contributed by atoms with Crippen molar-refractivity contribution in [2.75, 3.05) is 21.2 Å². The number of carbonyl (C=O) groups excluding carboxylic acids is 1. The largest absolute Gasteiger partial charge is 0.497 e. The maximum Gasteiger partial charge on any atom is 0.238 e. The molecule has 1 unspecified atom stereocenters. The second-order valence-corrected chi connectivity index (χ2v) is 5.38. The van der Waals surface area contributed by atoms with Crippen LogP contribution in [0.25, 0.3) is 10.8 Å². The van der Waals surface area contributed by atoms with E-state index in [1.54, 1.807) is 26.1 Å². The molecule has 0 aliphatic carbocycles. The van der Waals surface area contributed by atoms with Crippen molar-refractivity contribution >= 4 is 16.7 Å². The smallest absolute Gasteiger partial charge is 0.238 e. The van der Waals surface area contributed by atoms with E-state index in [1.807, 2.05) is 25.1 Å². The van der Waals surface area contributed by atoms with E-state index < -0.39 is 0 Å². The Hall–Kier alpha value is -2.07. The van der Waals surface area contributed by atoms with Gasteiger partial charge in [-0.2, -0.15) is 0 Å². The molecule has 0 aliphatic rings. The lowest BCUT2D eigenvalue weighted by molar-refractivity contribution is -0.130. The van der Waals surface area contributed by atoms with Gasteiger partial charge in [0.05, 0.1) is 13.2 Å². The number of amides is 1. The molecule has 0 bridgehead atoms. The number of hydrogen-bond acceptors (Lipinski definition) is 3. The minimum absolute atomic E-state index is 0.0838. The summed E-state index contributed by atoms with van der Waals surface area (Å²) in [6.07, 6.45) is 0. The van der Waals surface area contributed by atoms with Crippen LogP contribution in [0.5, 0.6) is 5.75 Å². The summed E-state index contributed by atoms with van der Waals surface area (Å²) in [4.78, 5) is 13.4. The second kappa shape index (κ2) is 6.59. The lowest BCUT2D eigenvalue weighted by Crippen LogP contribution is -2.41. The molecular formula is C17H22N2O2. The third kappa shape index (κ3) is 3.73. The van der Waals surface area contributed by atoms with Gasteiger partial charge in [0.25, 0.3) is 0 Å². The number of rotatable bonds is 5. The minimum Gasteiger partial charge on any atom is -0.497 e. The topological polar surface area (TPSA) is 41.6 Å². The van der Waals surface area contributed by atoms with Crippen molar-refractivity contribution in [1.82, 2.24) is 10.2 Å². The number of likely N-dealkylation sites (N-methyl/N-ethyl adjacent to an activating group) is 1. The highest BCUT2D eigenvalue weighted by Crippen LogP contribution is 2.21. The summed E-state index contributed by atoms with van der Waals surface area (Å²) < 4.78 is 5.23. The van der Waals surface area contributed by atoms with Crippen molar-refractivity contribution < 1.29 is 9.53 Å². The van der Waals surface area contributed by atoms with E-state index in [0.717, 1.165) is 16.7 Å². The lowest BCUT2D eigenvalue weighted by Gasteiger charge is -2.18. The van der Waals surface area contributed by atoms with E-state index in [-0.39, 0.29) is 11.9 Å². The quantitative estimate of drug-likeness (QED) is 0.918. The summed E-state index contributed by atoms with van der Waals surface area (Å²) in [5, 5.41) is 5.57. The molecule has 2 rings (SSSR count). The highest BCUT2D eigenvalue weighted by molar-refractivity contribution is 5.84. The zero-order chi connectivity index (χ0) is 15.4. The first-order chi connectivity index (χ1) is 10.0. The fourth-order valence-electron chi connectivity index (χ4n) is 2.26. The highest BCUT2D eigenvalue weighted by Gasteiger charge is 2.13. The van der Waals surface area contributed by atoms with Crippen LogP contribution in [0.2, 0.25) is 0 Å². The SMILES string of the molecule is COc1ccc2cc(CNC(C)C(=O)N(C)C)ccc2c1. The van der Waals surface area contributed by atoms with Gasteiger partial charge in [0.1, 0.15) is 5.75 Å². The fraction of sp³-hybridized carbons (Fsp3) is 0.353. The fourth-order valence-corrected chi connectivity index (χ4v) is 2.26. The molecule has 0 saturated heterocycles. The number of carbonyl (C=O) groups is 1. The molecule has 1 amide bonds. The number of methoxy groups -OCH3 is 1. The molecule has 2 aromatic carbocycles. The molecule has 112 valence electrons. The van der Waals surface area contributed by atoms with Crippen LogP contribution in [-0.4, -0.2) is 38.1 Å². The van der Waals surface area contributed by atoms with Crippen molar-refractivity contribution in [3.8, 4) is 5.75 Å². The van der Waals surface area contributed by atoms with Crippen molar-refractivity contribution in [2.24, 2.45) is 0 Å². The van der Waals surface area contributed by atoms with E-state index in [4.69, 9.17) is 4.74 Å². The first kappa shape index (κ1) is 15.3. The second-order valence-electron chi connectivity index (χ2n) is 5.38. The maximum absolute atomic E-state index is 11.8. The Balaban J connectivity index is 2.08. The first-order valence-electron chi connectivity index (χ1n) is 7.02. The molecule has 0 aliphatic heterocycles. The van der Waals surface area contributed by atoms with Crippen molar-refractivity contribution in [3.63, 3.8) is 0 Å². The van der Waals surface area contributed by atoms with E-state index in [0.29, 0.717) is 6.54 Å². The van der Waals surface area contributed by atoms with Crippen LogP contribution in [0.4, 0.5) is 0 Å². The Morgan fingerprint density at radius 2 is 1.86 bits per heavy atom. The molecule has 21 heavy (non-hydrogen) atoms. The maximum atomic E-state index is 11.8. The van der Waals surface area contributed by atoms with Gasteiger partial charge in [-0.1, -0.05) is 18.2 Å². The zero-order valence-corrected chi connectivity index (χ0v) is 13.0. The highest BCUT2D eigenvalue weighted by atomic mass is 16.5. The van der Waals surface area contributed by atoms with E-state index >= 15 is 0 Å². The Kier molecular flexibility index (Phi) is 4.81. The monoisotopic (exact) mass is 286 g/mol. The van der Waals surface area contributed by atoms with Crippen molar-refractivity contribution in [1.29, 1.82) is 0 Å². The third-order valence-electron chi connectivity index (χ3n) is 3.54. The molecule has 4 nitrogen and oxygen atoms in total. The van der Waals surface area contributed by atoms with Gasteiger partial charge in [-0.25, -0.2) is 0 Å². The molecule has 0 saturated carbocycles. The molecular weight excluding hydrogens is 264 g/mol. The molecule has 4 heteroatoms. The molecule has 2 aromatic rings. The Morgan fingerprint density at radius 1 is 1.19 bits per heavy atom. The van der Waals surface area contributed by atoms with Gasteiger partial charge >= 0.3 is 0 Å². The lowest BCUT2D eigenvalue weighted by atomic mass is 10.1. The van der Waals surface area contributed by atoms with E-state index in [1.165, 1.54) is 5.39 Å². The van der Waals surface area contributed by atoms with Gasteiger partial charge in [0.2, 0.25) is 5.91 Å². The predicted octanol–water partition coefficient (Wildman–Crippen LogP) is 2.41. The van der Waals surface area contributed by atoms with Crippen LogP contribution < -0.4 is 10.1 Å². The molecule has 0 fully saturated rings. The van der Waals surface area contributed by atoms with Gasteiger partial charge in [-0.15, -0.1) is 0 Å². The molecule has 0 aromatic heterocycles. The first-order valence-corrected chi connectivity index (χ1v) is 7.02. The number of benzene rings is 2. The number of nitrogens with one attached hydrogen (secondary N) is 1. The summed E-state index contributed by atoms with van der Waals surface area (Å²) in [5.41, 5.74) is 1.16. The summed E-state index contributed by atoms with van der Waals surface area (Å²) in [6.45, 7) is 2.55. The average Bonchev–Trinajstić information content (AvgIpc) is 2.50. The molecule has 1 N–H and O–H groups in total. The number of nitrogens with zero attached hydrogens (tertiary/aromatic N) is 1. The van der Waals surface area contributed by atoms with Crippen LogP contribution in [0, 0.1) is 0 Å². The van der Waals surface area contributed by atoms with Crippen LogP contribution >= 0.6 is 0 Å². The summed E-state index contributed by atoms with van der Waals surface area (Å²) in [5.74, 6) is 0.944. The van der Waals surface area contributed by atoms with Crippen molar-refractivity contribution in [3.05, 3.63) is 42.0 Å². The van der Waals surface area contributed by atoms with Gasteiger partial charge < -0.3 is 15.0 Å². The number of hydrogen-bond donors (Lipinski definition) is 1. The summed E-state index contributed by atoms with van der Waals surface area (Å²) >= 11 is 0. The van der Waals surface area contributed by atoms with Gasteiger partial charge in [0, 0.05) is 20.6 Å². The van der Waals surface area contributed by atoms with Crippen LogP contribution in [0.3, 0.4) is 0 Å². The number of ether oxygens (including phenoxy) is 1. The van der Waals surface area contributed by atoms with Crippen LogP contribution in [0.1, 0.15) is 12.5 Å². The van der Waals surface area contributed by atoms with E-state index in [9.17, 15) is 4.79 Å². The average molecular weight is 286 g/mol. The molecule has 0 heterocycles. The normalized spacial score (nSPS) is 12.2. The van der Waals surface area contributed by atoms with Crippen LogP contribution in [-0.2, 0) is 11.3 Å².